The maximum Gasteiger partial charge on any atom is 0.416 e. The predicted molar refractivity (Wildman–Crippen MR) is 111 cm³/mol. The zero-order valence-corrected chi connectivity index (χ0v) is 16.0. The SMILES string of the molecule is Cc1ccc2c(c1)c(=NC#N)c1cc3c(=NC#N)c4cc(C(F)(F)F)ccc4c3cc12. The van der Waals surface area contributed by atoms with Crippen LogP contribution in [0.15, 0.2) is 58.5 Å². The Bertz CT molecular complexity index is 1750. The fraction of sp³-hybridized carbons (Fsp3) is 0.0833. The number of benzene rings is 3. The molecule has 0 aliphatic heterocycles. The van der Waals surface area contributed by atoms with Crippen molar-refractivity contribution in [2.75, 3.05) is 0 Å². The van der Waals surface area contributed by atoms with Gasteiger partial charge in [0, 0.05) is 21.5 Å². The molecule has 4 nitrogen and oxygen atoms in total. The van der Waals surface area contributed by atoms with E-state index in [1.54, 1.807) is 12.3 Å². The van der Waals surface area contributed by atoms with Crippen LogP contribution < -0.4 is 10.7 Å². The van der Waals surface area contributed by atoms with Gasteiger partial charge in [0.15, 0.2) is 0 Å². The minimum atomic E-state index is -4.51. The number of hydrogen-bond acceptors (Lipinski definition) is 4. The first-order valence-corrected chi connectivity index (χ1v) is 9.29. The maximum atomic E-state index is 13.3. The Morgan fingerprint density at radius 3 is 1.68 bits per heavy atom. The maximum absolute atomic E-state index is 13.3. The normalized spacial score (nSPS) is 13.5. The summed E-state index contributed by atoms with van der Waals surface area (Å²) in [6.07, 6.45) is -0.968. The molecular weight excluding hydrogens is 401 g/mol. The molecule has 7 heteroatoms. The van der Waals surface area contributed by atoms with E-state index in [2.05, 4.69) is 9.98 Å². The smallest absolute Gasteiger partial charge is 0.172 e. The van der Waals surface area contributed by atoms with Gasteiger partial charge < -0.3 is 0 Å². The summed E-state index contributed by atoms with van der Waals surface area (Å²) in [5, 5.41) is 24.4. The van der Waals surface area contributed by atoms with Gasteiger partial charge in [-0.25, -0.2) is 0 Å². The number of nitriles is 2. The highest BCUT2D eigenvalue weighted by atomic mass is 19.4. The highest BCUT2D eigenvalue weighted by molar-refractivity contribution is 6.21. The third kappa shape index (κ3) is 2.68. The fourth-order valence-electron chi connectivity index (χ4n) is 4.31. The lowest BCUT2D eigenvalue weighted by molar-refractivity contribution is -0.137. The Kier molecular flexibility index (Phi) is 3.87. The van der Waals surface area contributed by atoms with Crippen LogP contribution in [0.4, 0.5) is 13.2 Å². The first kappa shape index (κ1) is 18.8. The molecule has 5 aromatic carbocycles. The molecule has 0 fully saturated rings. The highest BCUT2D eigenvalue weighted by Gasteiger charge is 2.31. The topological polar surface area (TPSA) is 72.3 Å². The van der Waals surface area contributed by atoms with Crippen LogP contribution in [-0.2, 0) is 6.18 Å². The van der Waals surface area contributed by atoms with Crippen LogP contribution in [0.5, 0.6) is 0 Å². The largest absolute Gasteiger partial charge is 0.416 e. The monoisotopic (exact) mass is 412 g/mol. The molecule has 0 heterocycles. The summed E-state index contributed by atoms with van der Waals surface area (Å²) in [5.74, 6) is 0. The standard InChI is InChI=1S/C24H11F3N4/c1-12-2-4-14-16-8-17-15-5-3-13(24(25,26)27)7-19(15)23(31-11-29)21(17)9-20(16)22(30-10-28)18(14)6-12/h2-9H,1H3. The van der Waals surface area contributed by atoms with Crippen LogP contribution in [0.25, 0.3) is 43.1 Å². The summed E-state index contributed by atoms with van der Waals surface area (Å²) in [7, 11) is 0. The highest BCUT2D eigenvalue weighted by Crippen LogP contribution is 2.35. The van der Waals surface area contributed by atoms with E-state index in [4.69, 9.17) is 0 Å². The Balaban J connectivity index is 2.05. The van der Waals surface area contributed by atoms with Gasteiger partial charge in [0.05, 0.1) is 16.3 Å². The van der Waals surface area contributed by atoms with Crippen molar-refractivity contribution in [1.82, 2.24) is 0 Å². The summed E-state index contributed by atoms with van der Waals surface area (Å²) < 4.78 is 39.8. The van der Waals surface area contributed by atoms with Crippen molar-refractivity contribution in [2.24, 2.45) is 9.98 Å². The minimum absolute atomic E-state index is 0.185. The Hall–Kier alpha value is -4.23. The molecule has 0 bridgehead atoms. The molecule has 0 N–H and O–H groups in total. The molecule has 0 aliphatic rings. The zero-order chi connectivity index (χ0) is 21.9. The summed E-state index contributed by atoms with van der Waals surface area (Å²) in [6.45, 7) is 1.94. The average Bonchev–Trinajstić information content (AvgIpc) is 3.19. The van der Waals surface area contributed by atoms with E-state index in [0.717, 1.165) is 33.9 Å². The number of rotatable bonds is 0. The van der Waals surface area contributed by atoms with E-state index < -0.39 is 11.7 Å². The van der Waals surface area contributed by atoms with Gasteiger partial charge in [-0.3, -0.25) is 0 Å². The molecule has 0 amide bonds. The molecule has 0 aliphatic carbocycles. The third-order valence-corrected chi connectivity index (χ3v) is 5.60. The van der Waals surface area contributed by atoms with E-state index in [-0.39, 0.29) is 10.7 Å². The number of aryl methyl sites for hydroxylation is 1. The van der Waals surface area contributed by atoms with Crippen LogP contribution in [0.1, 0.15) is 11.1 Å². The quantitative estimate of drug-likeness (QED) is 0.325. The van der Waals surface area contributed by atoms with Gasteiger partial charge in [0.2, 0.25) is 12.4 Å². The van der Waals surface area contributed by atoms with Gasteiger partial charge >= 0.3 is 6.18 Å². The third-order valence-electron chi connectivity index (χ3n) is 5.60. The lowest BCUT2D eigenvalue weighted by Gasteiger charge is -2.06. The second-order valence-corrected chi connectivity index (χ2v) is 7.37. The van der Waals surface area contributed by atoms with Gasteiger partial charge in [-0.2, -0.15) is 33.7 Å². The van der Waals surface area contributed by atoms with Gasteiger partial charge in [-0.15, -0.1) is 0 Å². The van der Waals surface area contributed by atoms with Crippen LogP contribution in [0.3, 0.4) is 0 Å². The van der Waals surface area contributed by atoms with Crippen molar-refractivity contribution in [2.45, 2.75) is 13.1 Å². The van der Waals surface area contributed by atoms with Gasteiger partial charge in [-0.1, -0.05) is 23.8 Å². The summed E-state index contributed by atoms with van der Waals surface area (Å²) >= 11 is 0. The molecule has 0 saturated carbocycles. The predicted octanol–water partition coefficient (Wildman–Crippen LogP) is 5.27. The molecule has 0 saturated heterocycles. The minimum Gasteiger partial charge on any atom is -0.172 e. The molecular formula is C24H11F3N4. The van der Waals surface area contributed by atoms with E-state index in [9.17, 15) is 23.7 Å². The van der Waals surface area contributed by atoms with Crippen molar-refractivity contribution in [3.05, 3.63) is 70.4 Å². The van der Waals surface area contributed by atoms with E-state index in [1.165, 1.54) is 6.07 Å². The summed E-state index contributed by atoms with van der Waals surface area (Å²) in [6, 6.07) is 13.0. The van der Waals surface area contributed by atoms with Crippen molar-refractivity contribution in [3.63, 3.8) is 0 Å². The van der Waals surface area contributed by atoms with Gasteiger partial charge in [-0.05, 0) is 58.8 Å². The second kappa shape index (κ2) is 6.38. The number of fused-ring (bicyclic) bond motifs is 6. The lowest BCUT2D eigenvalue weighted by Crippen LogP contribution is -2.06. The average molecular weight is 412 g/mol. The van der Waals surface area contributed by atoms with Crippen molar-refractivity contribution < 1.29 is 13.2 Å². The van der Waals surface area contributed by atoms with E-state index in [0.29, 0.717) is 26.9 Å². The molecule has 0 radical (unpaired) electrons. The number of alkyl halides is 3. The molecule has 148 valence electrons. The first-order valence-electron chi connectivity index (χ1n) is 9.29. The van der Waals surface area contributed by atoms with E-state index in [1.807, 2.05) is 37.4 Å². The molecule has 0 atom stereocenters. The van der Waals surface area contributed by atoms with E-state index >= 15 is 0 Å². The molecule has 0 aromatic heterocycles. The summed E-state index contributed by atoms with van der Waals surface area (Å²) in [4.78, 5) is 7.85. The lowest BCUT2D eigenvalue weighted by atomic mass is 10.1. The molecule has 31 heavy (non-hydrogen) atoms. The first-order chi connectivity index (χ1) is 14.8. The van der Waals surface area contributed by atoms with Crippen LogP contribution in [0, 0.1) is 29.8 Å². The van der Waals surface area contributed by atoms with Gasteiger partial charge in [0.25, 0.3) is 0 Å². The second-order valence-electron chi connectivity index (χ2n) is 7.37. The Morgan fingerprint density at radius 1 is 0.645 bits per heavy atom. The molecule has 5 aromatic rings. The summed E-state index contributed by atoms with van der Waals surface area (Å²) in [5.41, 5.74) is 0.214. The number of halogens is 3. The van der Waals surface area contributed by atoms with Crippen LogP contribution in [-0.4, -0.2) is 0 Å². The van der Waals surface area contributed by atoms with Crippen molar-refractivity contribution in [3.8, 4) is 12.4 Å². The van der Waals surface area contributed by atoms with Crippen LogP contribution >= 0.6 is 0 Å². The number of hydrogen-bond donors (Lipinski definition) is 0. The molecule has 5 rings (SSSR count). The Labute approximate surface area is 173 Å². The van der Waals surface area contributed by atoms with Crippen molar-refractivity contribution >= 4 is 43.1 Å². The molecule has 0 spiro atoms. The fourth-order valence-corrected chi connectivity index (χ4v) is 4.31. The Morgan fingerprint density at radius 2 is 1.13 bits per heavy atom. The van der Waals surface area contributed by atoms with Gasteiger partial charge in [0.1, 0.15) is 0 Å². The van der Waals surface area contributed by atoms with Crippen LogP contribution in [0.2, 0.25) is 0 Å². The van der Waals surface area contributed by atoms with Crippen molar-refractivity contribution in [1.29, 1.82) is 10.5 Å². The zero-order valence-electron chi connectivity index (χ0n) is 16.0. The molecule has 0 unspecified atom stereocenters. The number of nitrogens with zero attached hydrogens (tertiary/aromatic N) is 4.